The summed E-state index contributed by atoms with van der Waals surface area (Å²) in [4.78, 5) is 26.6. The van der Waals surface area contributed by atoms with E-state index in [1.807, 2.05) is 0 Å². The van der Waals surface area contributed by atoms with Gasteiger partial charge in [0.05, 0.1) is 11.9 Å². The van der Waals surface area contributed by atoms with Crippen LogP contribution in [0.25, 0.3) is 0 Å². The molecule has 0 aromatic heterocycles. The van der Waals surface area contributed by atoms with E-state index < -0.39 is 21.9 Å². The summed E-state index contributed by atoms with van der Waals surface area (Å²) in [5.74, 6) is -1.31. The van der Waals surface area contributed by atoms with Crippen molar-refractivity contribution in [3.05, 3.63) is 64.9 Å². The highest BCUT2D eigenvalue weighted by Gasteiger charge is 2.26. The van der Waals surface area contributed by atoms with E-state index >= 15 is 0 Å². The van der Waals surface area contributed by atoms with E-state index in [0.717, 1.165) is 16.1 Å². The van der Waals surface area contributed by atoms with Crippen molar-refractivity contribution in [2.45, 2.75) is 32.4 Å². The fraction of sp³-hybridized carbons (Fsp3) is 0.364. The maximum absolute atomic E-state index is 14.2. The molecule has 1 N–H and O–H groups in total. The smallest absolute Gasteiger partial charge is 0.242 e. The SMILES string of the molecule is CNC(=O)C(C)N(Cc1ccc(Cl)cc1)C(=O)CCCN(c1ccccc1F)S(C)(=O)=O. The lowest BCUT2D eigenvalue weighted by Gasteiger charge is -2.29. The van der Waals surface area contributed by atoms with Crippen molar-refractivity contribution >= 4 is 39.1 Å². The zero-order chi connectivity index (χ0) is 23.9. The van der Waals surface area contributed by atoms with Gasteiger partial charge in [-0.15, -0.1) is 0 Å². The number of halogens is 2. The Morgan fingerprint density at radius 1 is 1.12 bits per heavy atom. The van der Waals surface area contributed by atoms with Crippen molar-refractivity contribution in [2.24, 2.45) is 0 Å². The van der Waals surface area contributed by atoms with E-state index in [0.29, 0.717) is 5.02 Å². The highest BCUT2D eigenvalue weighted by atomic mass is 35.5. The average molecular weight is 484 g/mol. The normalized spacial score (nSPS) is 12.2. The second-order valence-electron chi connectivity index (χ2n) is 7.33. The number of nitrogens with one attached hydrogen (secondary N) is 1. The molecule has 0 aliphatic rings. The van der Waals surface area contributed by atoms with Gasteiger partial charge in [-0.1, -0.05) is 35.9 Å². The van der Waals surface area contributed by atoms with E-state index in [1.54, 1.807) is 37.3 Å². The molecule has 0 aliphatic heterocycles. The second-order valence-corrected chi connectivity index (χ2v) is 9.67. The van der Waals surface area contributed by atoms with Gasteiger partial charge in [0.2, 0.25) is 21.8 Å². The van der Waals surface area contributed by atoms with Crippen molar-refractivity contribution < 1.29 is 22.4 Å². The second kappa shape index (κ2) is 11.3. The highest BCUT2D eigenvalue weighted by molar-refractivity contribution is 7.92. The van der Waals surface area contributed by atoms with Gasteiger partial charge in [0.25, 0.3) is 0 Å². The molecule has 0 bridgehead atoms. The molecule has 0 spiro atoms. The van der Waals surface area contributed by atoms with Crippen LogP contribution in [0.15, 0.2) is 48.5 Å². The molecule has 0 aliphatic carbocycles. The van der Waals surface area contributed by atoms with Crippen LogP contribution >= 0.6 is 11.6 Å². The van der Waals surface area contributed by atoms with Gasteiger partial charge in [-0.3, -0.25) is 13.9 Å². The molecule has 0 radical (unpaired) electrons. The summed E-state index contributed by atoms with van der Waals surface area (Å²) in [5.41, 5.74) is 0.724. The first-order valence-corrected chi connectivity index (χ1v) is 12.2. The van der Waals surface area contributed by atoms with Crippen LogP contribution in [0.3, 0.4) is 0 Å². The van der Waals surface area contributed by atoms with Gasteiger partial charge in [0, 0.05) is 31.6 Å². The third-order valence-corrected chi connectivity index (χ3v) is 6.39. The van der Waals surface area contributed by atoms with Crippen LogP contribution in [0.1, 0.15) is 25.3 Å². The van der Waals surface area contributed by atoms with Gasteiger partial charge < -0.3 is 10.2 Å². The molecule has 32 heavy (non-hydrogen) atoms. The molecule has 7 nitrogen and oxygen atoms in total. The van der Waals surface area contributed by atoms with Crippen LogP contribution in [0, 0.1) is 5.82 Å². The Kier molecular flexibility index (Phi) is 9.03. The summed E-state index contributed by atoms with van der Waals surface area (Å²) < 4.78 is 39.5. The van der Waals surface area contributed by atoms with Gasteiger partial charge >= 0.3 is 0 Å². The molecule has 1 unspecified atom stereocenters. The summed E-state index contributed by atoms with van der Waals surface area (Å²) in [5, 5.41) is 3.09. The van der Waals surface area contributed by atoms with Crippen molar-refractivity contribution in [3.8, 4) is 0 Å². The lowest BCUT2D eigenvalue weighted by Crippen LogP contribution is -2.46. The van der Waals surface area contributed by atoms with Gasteiger partial charge in [-0.25, -0.2) is 12.8 Å². The lowest BCUT2D eigenvalue weighted by atomic mass is 10.1. The number of hydrogen-bond donors (Lipinski definition) is 1. The predicted octanol–water partition coefficient (Wildman–Crippen LogP) is 3.19. The summed E-state index contributed by atoms with van der Waals surface area (Å²) >= 11 is 5.92. The monoisotopic (exact) mass is 483 g/mol. The minimum absolute atomic E-state index is 0.0185. The molecule has 2 aromatic carbocycles. The molecule has 0 saturated carbocycles. The Hall–Kier alpha value is -2.65. The van der Waals surface area contributed by atoms with Crippen molar-refractivity contribution in [1.29, 1.82) is 0 Å². The summed E-state index contributed by atoms with van der Waals surface area (Å²) in [6.07, 6.45) is 1.12. The number of anilines is 1. The average Bonchev–Trinajstić information content (AvgIpc) is 2.75. The van der Waals surface area contributed by atoms with E-state index in [4.69, 9.17) is 11.6 Å². The van der Waals surface area contributed by atoms with Crippen molar-refractivity contribution in [2.75, 3.05) is 24.2 Å². The van der Waals surface area contributed by atoms with Gasteiger partial charge in [-0.2, -0.15) is 0 Å². The summed E-state index contributed by atoms with van der Waals surface area (Å²) in [6.45, 7) is 1.73. The Morgan fingerprint density at radius 2 is 1.75 bits per heavy atom. The number of carbonyl (C=O) groups is 2. The van der Waals surface area contributed by atoms with E-state index in [1.165, 1.54) is 30.1 Å². The Balaban J connectivity index is 2.14. The number of likely N-dealkylation sites (N-methyl/N-ethyl adjacent to an activating group) is 1. The first kappa shape index (κ1) is 25.6. The number of sulfonamides is 1. The van der Waals surface area contributed by atoms with Crippen LogP contribution < -0.4 is 9.62 Å². The van der Waals surface area contributed by atoms with Crippen molar-refractivity contribution in [3.63, 3.8) is 0 Å². The van der Waals surface area contributed by atoms with Crippen LogP contribution in [-0.4, -0.2) is 51.0 Å². The topological polar surface area (TPSA) is 86.8 Å². The highest BCUT2D eigenvalue weighted by Crippen LogP contribution is 2.22. The minimum atomic E-state index is -3.75. The third-order valence-electron chi connectivity index (χ3n) is 4.95. The zero-order valence-corrected chi connectivity index (χ0v) is 19.8. The quantitative estimate of drug-likeness (QED) is 0.562. The maximum Gasteiger partial charge on any atom is 0.242 e. The molecule has 0 fully saturated rings. The molecular formula is C22H27ClFN3O4S. The number of para-hydroxylation sites is 1. The first-order chi connectivity index (χ1) is 15.0. The number of benzene rings is 2. The van der Waals surface area contributed by atoms with Crippen LogP contribution in [0.5, 0.6) is 0 Å². The number of rotatable bonds is 10. The van der Waals surface area contributed by atoms with Crippen molar-refractivity contribution in [1.82, 2.24) is 10.2 Å². The molecule has 0 saturated heterocycles. The molecule has 2 rings (SSSR count). The standard InChI is InChI=1S/C22H27ClFN3O4S/c1-16(22(29)25-2)26(15-17-10-12-18(23)13-11-17)21(28)9-6-14-27(32(3,30)31)20-8-5-4-7-19(20)24/h4-5,7-8,10-13,16H,6,9,14-15H2,1-3H3,(H,25,29). The fourth-order valence-electron chi connectivity index (χ4n) is 3.21. The number of nitrogens with zero attached hydrogens (tertiary/aromatic N) is 2. The van der Waals surface area contributed by atoms with Gasteiger partial charge in [0.15, 0.2) is 0 Å². The Labute approximate surface area is 193 Å². The number of amides is 2. The third kappa shape index (κ3) is 6.93. The Morgan fingerprint density at radius 3 is 2.31 bits per heavy atom. The van der Waals surface area contributed by atoms with Crippen LogP contribution in [-0.2, 0) is 26.2 Å². The van der Waals surface area contributed by atoms with E-state index in [2.05, 4.69) is 5.32 Å². The lowest BCUT2D eigenvalue weighted by molar-refractivity contribution is -0.140. The largest absolute Gasteiger partial charge is 0.357 e. The molecule has 0 heterocycles. The Bertz CT molecular complexity index is 1050. The number of hydrogen-bond acceptors (Lipinski definition) is 4. The first-order valence-electron chi connectivity index (χ1n) is 10.0. The summed E-state index contributed by atoms with van der Waals surface area (Å²) in [6, 6.07) is 11.8. The number of carbonyl (C=O) groups excluding carboxylic acids is 2. The fourth-order valence-corrected chi connectivity index (χ4v) is 4.31. The van der Waals surface area contributed by atoms with Crippen LogP contribution in [0.2, 0.25) is 5.02 Å². The van der Waals surface area contributed by atoms with Gasteiger partial charge in [0.1, 0.15) is 11.9 Å². The molecular weight excluding hydrogens is 457 g/mol. The van der Waals surface area contributed by atoms with Crippen LogP contribution in [0.4, 0.5) is 10.1 Å². The predicted molar refractivity (Wildman–Crippen MR) is 123 cm³/mol. The van der Waals surface area contributed by atoms with E-state index in [9.17, 15) is 22.4 Å². The molecule has 2 aromatic rings. The summed E-state index contributed by atoms with van der Waals surface area (Å²) in [7, 11) is -2.26. The van der Waals surface area contributed by atoms with E-state index in [-0.39, 0.29) is 43.4 Å². The molecule has 2 amide bonds. The maximum atomic E-state index is 14.2. The molecule has 10 heteroatoms. The zero-order valence-electron chi connectivity index (χ0n) is 18.2. The molecule has 174 valence electrons. The molecule has 1 atom stereocenters. The van der Waals surface area contributed by atoms with Gasteiger partial charge in [-0.05, 0) is 43.2 Å². The minimum Gasteiger partial charge on any atom is -0.357 e.